The van der Waals surface area contributed by atoms with Gasteiger partial charge in [-0.15, -0.1) is 0 Å². The molecule has 0 aliphatic carbocycles. The summed E-state index contributed by atoms with van der Waals surface area (Å²) in [4.78, 5) is 2.38. The van der Waals surface area contributed by atoms with E-state index in [0.29, 0.717) is 0 Å². The van der Waals surface area contributed by atoms with Gasteiger partial charge in [0.2, 0.25) is 0 Å². The summed E-state index contributed by atoms with van der Waals surface area (Å²) in [6.45, 7) is 8.51. The van der Waals surface area contributed by atoms with E-state index in [0.717, 1.165) is 19.6 Å². The van der Waals surface area contributed by atoms with E-state index in [2.05, 4.69) is 65.2 Å². The first kappa shape index (κ1) is 15.7. The minimum absolute atomic E-state index is 0.945. The Morgan fingerprint density at radius 2 is 2.06 bits per heavy atom. The Morgan fingerprint density at radius 1 is 1.28 bits per heavy atom. The van der Waals surface area contributed by atoms with Gasteiger partial charge < -0.3 is 10.2 Å². The normalized spacial score (nSPS) is 11.2. The van der Waals surface area contributed by atoms with Crippen LogP contribution in [0, 0.1) is 0 Å². The molecule has 102 valence electrons. The third-order valence-corrected chi connectivity index (χ3v) is 3.77. The summed E-state index contributed by atoms with van der Waals surface area (Å²) in [5.74, 6) is 0. The molecule has 0 aliphatic rings. The zero-order valence-corrected chi connectivity index (χ0v) is 13.4. The first-order valence-corrected chi connectivity index (χ1v) is 7.63. The van der Waals surface area contributed by atoms with Crippen molar-refractivity contribution in [3.05, 3.63) is 33.8 Å². The molecule has 2 nitrogen and oxygen atoms in total. The van der Waals surface area contributed by atoms with Crippen molar-refractivity contribution in [3.8, 4) is 0 Å². The van der Waals surface area contributed by atoms with Crippen molar-refractivity contribution >= 4 is 15.9 Å². The molecule has 0 radical (unpaired) electrons. The summed E-state index contributed by atoms with van der Waals surface area (Å²) in [5, 5.41) is 3.35. The molecule has 1 aromatic rings. The third kappa shape index (κ3) is 5.51. The summed E-state index contributed by atoms with van der Waals surface area (Å²) < 4.78 is 1.22. The maximum atomic E-state index is 3.68. The third-order valence-electron chi connectivity index (χ3n) is 3.03. The quantitative estimate of drug-likeness (QED) is 0.785. The molecule has 0 amide bonds. The monoisotopic (exact) mass is 312 g/mol. The van der Waals surface area contributed by atoms with Crippen LogP contribution in [0.15, 0.2) is 22.7 Å². The fourth-order valence-electron chi connectivity index (χ4n) is 1.90. The Labute approximate surface area is 120 Å². The molecule has 1 rings (SSSR count). The van der Waals surface area contributed by atoms with Gasteiger partial charge in [-0.1, -0.05) is 48.3 Å². The largest absolute Gasteiger partial charge is 0.313 e. The number of unbranched alkanes of at least 4 members (excludes halogenated alkanes) is 1. The van der Waals surface area contributed by atoms with Gasteiger partial charge >= 0.3 is 0 Å². The van der Waals surface area contributed by atoms with Crippen LogP contribution in [0.2, 0.25) is 0 Å². The molecular weight excluding hydrogens is 288 g/mol. The van der Waals surface area contributed by atoms with Crippen LogP contribution in [0.3, 0.4) is 0 Å². The Morgan fingerprint density at radius 3 is 2.67 bits per heavy atom. The second-order valence-corrected chi connectivity index (χ2v) is 5.65. The lowest BCUT2D eigenvalue weighted by Crippen LogP contribution is -2.19. The minimum Gasteiger partial charge on any atom is -0.313 e. The fraction of sp³-hybridized carbons (Fsp3) is 0.600. The maximum absolute atomic E-state index is 3.68. The van der Waals surface area contributed by atoms with Crippen LogP contribution in [0.4, 0.5) is 0 Å². The number of nitrogens with zero attached hydrogens (tertiary/aromatic N) is 1. The van der Waals surface area contributed by atoms with Crippen molar-refractivity contribution in [2.45, 2.75) is 39.8 Å². The molecule has 0 heterocycles. The van der Waals surface area contributed by atoms with E-state index < -0.39 is 0 Å². The second-order valence-electron chi connectivity index (χ2n) is 4.80. The van der Waals surface area contributed by atoms with Gasteiger partial charge in [0.25, 0.3) is 0 Å². The molecule has 0 atom stereocenters. The zero-order valence-electron chi connectivity index (χ0n) is 11.8. The van der Waals surface area contributed by atoms with Gasteiger partial charge in [-0.05, 0) is 43.8 Å². The van der Waals surface area contributed by atoms with Gasteiger partial charge in [0.1, 0.15) is 0 Å². The molecule has 0 bridgehead atoms. The molecule has 0 spiro atoms. The number of rotatable bonds is 8. The molecule has 0 aromatic heterocycles. The van der Waals surface area contributed by atoms with Crippen molar-refractivity contribution in [1.29, 1.82) is 0 Å². The highest BCUT2D eigenvalue weighted by Crippen LogP contribution is 2.20. The van der Waals surface area contributed by atoms with Crippen molar-refractivity contribution in [1.82, 2.24) is 10.2 Å². The van der Waals surface area contributed by atoms with E-state index in [1.807, 2.05) is 0 Å². The first-order valence-electron chi connectivity index (χ1n) is 6.84. The first-order chi connectivity index (χ1) is 8.67. The van der Waals surface area contributed by atoms with Gasteiger partial charge in [0.05, 0.1) is 0 Å². The fourth-order valence-corrected chi connectivity index (χ4v) is 2.45. The highest BCUT2D eigenvalue weighted by atomic mass is 79.9. The van der Waals surface area contributed by atoms with Gasteiger partial charge in [-0.25, -0.2) is 0 Å². The summed E-state index contributed by atoms with van der Waals surface area (Å²) in [5.41, 5.74) is 2.71. The van der Waals surface area contributed by atoms with E-state index >= 15 is 0 Å². The van der Waals surface area contributed by atoms with Gasteiger partial charge in [-0.3, -0.25) is 0 Å². The second kappa shape index (κ2) is 8.68. The molecule has 1 N–H and O–H groups in total. The molecule has 18 heavy (non-hydrogen) atoms. The van der Waals surface area contributed by atoms with Gasteiger partial charge in [0, 0.05) is 17.6 Å². The highest BCUT2D eigenvalue weighted by molar-refractivity contribution is 9.10. The zero-order chi connectivity index (χ0) is 13.4. The van der Waals surface area contributed by atoms with Crippen LogP contribution in [0.5, 0.6) is 0 Å². The van der Waals surface area contributed by atoms with Crippen molar-refractivity contribution in [2.24, 2.45) is 0 Å². The smallest absolute Gasteiger partial charge is 0.0241 e. The minimum atomic E-state index is 0.945. The van der Waals surface area contributed by atoms with Crippen LogP contribution >= 0.6 is 15.9 Å². The number of benzene rings is 1. The van der Waals surface area contributed by atoms with Crippen molar-refractivity contribution in [3.63, 3.8) is 0 Å². The Bertz CT molecular complexity index is 352. The highest BCUT2D eigenvalue weighted by Gasteiger charge is 2.05. The molecule has 3 heteroatoms. The summed E-state index contributed by atoms with van der Waals surface area (Å²) in [6.07, 6.45) is 2.53. The molecular formula is C15H25BrN2. The lowest BCUT2D eigenvalue weighted by molar-refractivity contribution is 0.320. The average molecular weight is 313 g/mol. The standard InChI is InChI=1S/C15H25BrN2/c1-4-6-9-18(3)12-14-8-7-13(10-15(14)16)11-17-5-2/h7-8,10,17H,4-6,9,11-12H2,1-3H3. The molecule has 0 unspecified atom stereocenters. The predicted molar refractivity (Wildman–Crippen MR) is 82.8 cm³/mol. The van der Waals surface area contributed by atoms with Crippen LogP contribution in [-0.2, 0) is 13.1 Å². The number of halogens is 1. The summed E-state index contributed by atoms with van der Waals surface area (Å²) in [7, 11) is 2.19. The predicted octanol–water partition coefficient (Wildman–Crippen LogP) is 3.79. The summed E-state index contributed by atoms with van der Waals surface area (Å²) >= 11 is 3.68. The lowest BCUT2D eigenvalue weighted by Gasteiger charge is -2.17. The SMILES string of the molecule is CCCCN(C)Cc1ccc(CNCC)cc1Br. The van der Waals surface area contributed by atoms with Crippen LogP contribution < -0.4 is 5.32 Å². The van der Waals surface area contributed by atoms with E-state index in [9.17, 15) is 0 Å². The molecule has 0 saturated carbocycles. The number of hydrogen-bond donors (Lipinski definition) is 1. The Hall–Kier alpha value is -0.380. The molecule has 1 aromatic carbocycles. The molecule has 0 fully saturated rings. The van der Waals surface area contributed by atoms with Crippen molar-refractivity contribution < 1.29 is 0 Å². The summed E-state index contributed by atoms with van der Waals surface area (Å²) in [6, 6.07) is 6.68. The van der Waals surface area contributed by atoms with E-state index in [-0.39, 0.29) is 0 Å². The number of hydrogen-bond acceptors (Lipinski definition) is 2. The average Bonchev–Trinajstić information content (AvgIpc) is 2.36. The van der Waals surface area contributed by atoms with Gasteiger partial charge in [-0.2, -0.15) is 0 Å². The Balaban J connectivity index is 2.56. The topological polar surface area (TPSA) is 15.3 Å². The van der Waals surface area contributed by atoms with Crippen molar-refractivity contribution in [2.75, 3.05) is 20.1 Å². The Kier molecular flexibility index (Phi) is 7.56. The maximum Gasteiger partial charge on any atom is 0.0241 e. The van der Waals surface area contributed by atoms with Crippen LogP contribution in [0.1, 0.15) is 37.8 Å². The van der Waals surface area contributed by atoms with E-state index in [1.165, 1.54) is 35.0 Å². The van der Waals surface area contributed by atoms with Crippen LogP contribution in [0.25, 0.3) is 0 Å². The lowest BCUT2D eigenvalue weighted by atomic mass is 10.1. The van der Waals surface area contributed by atoms with E-state index in [1.54, 1.807) is 0 Å². The van der Waals surface area contributed by atoms with Gasteiger partial charge in [0.15, 0.2) is 0 Å². The van der Waals surface area contributed by atoms with E-state index in [4.69, 9.17) is 0 Å². The molecule has 0 aliphatic heterocycles. The molecule has 0 saturated heterocycles. The number of nitrogens with one attached hydrogen (secondary N) is 1. The van der Waals surface area contributed by atoms with Crippen LogP contribution in [-0.4, -0.2) is 25.0 Å².